The summed E-state index contributed by atoms with van der Waals surface area (Å²) < 4.78 is 0. The second-order valence-corrected chi connectivity index (χ2v) is 5.56. The van der Waals surface area contributed by atoms with Crippen LogP contribution in [0.1, 0.15) is 39.9 Å². The molecule has 1 atom stereocenters. The molecule has 0 aliphatic carbocycles. The molecule has 0 bridgehead atoms. The molecule has 0 spiro atoms. The zero-order valence-corrected chi connectivity index (χ0v) is 13.7. The van der Waals surface area contributed by atoms with E-state index in [0.717, 1.165) is 24.5 Å². The summed E-state index contributed by atoms with van der Waals surface area (Å²) in [5.41, 5.74) is 0. The SMILES string of the molecule is CCCc1nc(NC)cc(NC(C)C(=O)NCC(C)C)n1. The number of hydrogen-bond donors (Lipinski definition) is 3. The summed E-state index contributed by atoms with van der Waals surface area (Å²) in [6.45, 7) is 8.73. The van der Waals surface area contributed by atoms with Crippen molar-refractivity contribution in [1.82, 2.24) is 15.3 Å². The van der Waals surface area contributed by atoms with Gasteiger partial charge in [0, 0.05) is 26.1 Å². The van der Waals surface area contributed by atoms with Crippen molar-refractivity contribution >= 4 is 17.5 Å². The number of hydrogen-bond acceptors (Lipinski definition) is 5. The van der Waals surface area contributed by atoms with Crippen LogP contribution in [0.3, 0.4) is 0 Å². The summed E-state index contributed by atoms with van der Waals surface area (Å²) in [6, 6.07) is 1.48. The molecule has 0 aliphatic heterocycles. The smallest absolute Gasteiger partial charge is 0.242 e. The largest absolute Gasteiger partial charge is 0.373 e. The van der Waals surface area contributed by atoms with Crippen LogP contribution in [-0.4, -0.2) is 35.5 Å². The number of carbonyl (C=O) groups is 1. The lowest BCUT2D eigenvalue weighted by Crippen LogP contribution is -2.39. The van der Waals surface area contributed by atoms with E-state index in [0.29, 0.717) is 18.3 Å². The second-order valence-electron chi connectivity index (χ2n) is 5.56. The topological polar surface area (TPSA) is 78.9 Å². The Kier molecular flexibility index (Phi) is 6.91. The van der Waals surface area contributed by atoms with Crippen molar-refractivity contribution in [3.05, 3.63) is 11.9 Å². The summed E-state index contributed by atoms with van der Waals surface area (Å²) in [5, 5.41) is 9.06. The summed E-state index contributed by atoms with van der Waals surface area (Å²) in [4.78, 5) is 20.8. The van der Waals surface area contributed by atoms with E-state index in [1.807, 2.05) is 20.0 Å². The van der Waals surface area contributed by atoms with Gasteiger partial charge < -0.3 is 16.0 Å². The van der Waals surface area contributed by atoms with Gasteiger partial charge in [-0.2, -0.15) is 0 Å². The van der Waals surface area contributed by atoms with Crippen LogP contribution < -0.4 is 16.0 Å². The van der Waals surface area contributed by atoms with Crippen LogP contribution >= 0.6 is 0 Å². The molecule has 0 radical (unpaired) electrons. The summed E-state index contributed by atoms with van der Waals surface area (Å²) in [5.74, 6) is 2.62. The standard InChI is InChI=1S/C15H27N5O/c1-6-7-12-19-13(16-5)8-14(20-12)18-11(4)15(21)17-9-10(2)3/h8,10-11H,6-7,9H2,1-5H3,(H,17,21)(H2,16,18,19,20). The first-order valence-electron chi connectivity index (χ1n) is 7.56. The Morgan fingerprint density at radius 1 is 1.24 bits per heavy atom. The minimum absolute atomic E-state index is 0.0228. The number of anilines is 2. The molecule has 21 heavy (non-hydrogen) atoms. The van der Waals surface area contributed by atoms with Crippen molar-refractivity contribution < 1.29 is 4.79 Å². The number of nitrogens with zero attached hydrogens (tertiary/aromatic N) is 2. The maximum Gasteiger partial charge on any atom is 0.242 e. The Bertz CT molecular complexity index is 461. The van der Waals surface area contributed by atoms with E-state index >= 15 is 0 Å². The van der Waals surface area contributed by atoms with Crippen molar-refractivity contribution in [3.8, 4) is 0 Å². The Balaban J connectivity index is 2.72. The highest BCUT2D eigenvalue weighted by Crippen LogP contribution is 2.13. The predicted molar refractivity (Wildman–Crippen MR) is 86.5 cm³/mol. The minimum atomic E-state index is -0.335. The lowest BCUT2D eigenvalue weighted by atomic mass is 10.2. The molecule has 1 aromatic heterocycles. The number of aromatic nitrogens is 2. The highest BCUT2D eigenvalue weighted by Gasteiger charge is 2.14. The molecule has 0 saturated carbocycles. The summed E-state index contributed by atoms with van der Waals surface area (Å²) in [7, 11) is 1.82. The number of amides is 1. The molecule has 118 valence electrons. The Hall–Kier alpha value is -1.85. The van der Waals surface area contributed by atoms with Gasteiger partial charge in [0.05, 0.1) is 0 Å². The molecule has 0 fully saturated rings. The number of rotatable bonds is 8. The van der Waals surface area contributed by atoms with E-state index in [2.05, 4.69) is 46.7 Å². The molecule has 1 amide bonds. The van der Waals surface area contributed by atoms with Gasteiger partial charge in [-0.05, 0) is 19.3 Å². The molecule has 1 unspecified atom stereocenters. The minimum Gasteiger partial charge on any atom is -0.373 e. The van der Waals surface area contributed by atoms with Crippen LogP contribution in [0.5, 0.6) is 0 Å². The van der Waals surface area contributed by atoms with E-state index in [4.69, 9.17) is 0 Å². The zero-order valence-electron chi connectivity index (χ0n) is 13.7. The maximum absolute atomic E-state index is 12.0. The molecule has 0 aliphatic rings. The molecule has 1 aromatic rings. The fourth-order valence-electron chi connectivity index (χ4n) is 1.78. The average molecular weight is 293 g/mol. The third-order valence-corrected chi connectivity index (χ3v) is 2.94. The first kappa shape index (κ1) is 17.2. The highest BCUT2D eigenvalue weighted by molar-refractivity contribution is 5.83. The maximum atomic E-state index is 12.0. The van der Waals surface area contributed by atoms with E-state index in [9.17, 15) is 4.79 Å². The van der Waals surface area contributed by atoms with Crippen molar-refractivity contribution in [1.29, 1.82) is 0 Å². The Morgan fingerprint density at radius 3 is 2.48 bits per heavy atom. The van der Waals surface area contributed by atoms with Crippen LogP contribution in [0.4, 0.5) is 11.6 Å². The zero-order chi connectivity index (χ0) is 15.8. The molecule has 0 saturated heterocycles. The summed E-state index contributed by atoms with van der Waals surface area (Å²) in [6.07, 6.45) is 1.80. The molecule has 1 rings (SSSR count). The average Bonchev–Trinajstić information content (AvgIpc) is 2.44. The van der Waals surface area contributed by atoms with Gasteiger partial charge >= 0.3 is 0 Å². The molecule has 1 heterocycles. The van der Waals surface area contributed by atoms with Crippen LogP contribution in [0.15, 0.2) is 6.07 Å². The molecule has 0 aromatic carbocycles. The van der Waals surface area contributed by atoms with Crippen molar-refractivity contribution in [2.24, 2.45) is 5.92 Å². The van der Waals surface area contributed by atoms with Gasteiger partial charge in [-0.3, -0.25) is 4.79 Å². The van der Waals surface area contributed by atoms with Gasteiger partial charge in [0.15, 0.2) is 0 Å². The lowest BCUT2D eigenvalue weighted by molar-refractivity contribution is -0.121. The molecule has 3 N–H and O–H groups in total. The van der Waals surface area contributed by atoms with Gasteiger partial charge in [-0.15, -0.1) is 0 Å². The monoisotopic (exact) mass is 293 g/mol. The lowest BCUT2D eigenvalue weighted by Gasteiger charge is -2.16. The number of carbonyl (C=O) groups excluding carboxylic acids is 1. The fraction of sp³-hybridized carbons (Fsp3) is 0.667. The summed E-state index contributed by atoms with van der Waals surface area (Å²) >= 11 is 0. The Labute approximate surface area is 127 Å². The first-order valence-corrected chi connectivity index (χ1v) is 7.56. The van der Waals surface area contributed by atoms with Gasteiger partial charge in [-0.1, -0.05) is 20.8 Å². The number of aryl methyl sites for hydroxylation is 1. The van der Waals surface area contributed by atoms with Crippen LogP contribution in [0.2, 0.25) is 0 Å². The highest BCUT2D eigenvalue weighted by atomic mass is 16.2. The Morgan fingerprint density at radius 2 is 1.90 bits per heavy atom. The van der Waals surface area contributed by atoms with Gasteiger partial charge in [0.25, 0.3) is 0 Å². The third kappa shape index (κ3) is 5.97. The second kappa shape index (κ2) is 8.44. The molecular weight excluding hydrogens is 266 g/mol. The van der Waals surface area contributed by atoms with Crippen LogP contribution in [0.25, 0.3) is 0 Å². The number of nitrogens with one attached hydrogen (secondary N) is 3. The normalized spacial score (nSPS) is 12.1. The quantitative estimate of drug-likeness (QED) is 0.683. The van der Waals surface area contributed by atoms with Gasteiger partial charge in [0.2, 0.25) is 5.91 Å². The third-order valence-electron chi connectivity index (χ3n) is 2.94. The van der Waals surface area contributed by atoms with E-state index < -0.39 is 0 Å². The van der Waals surface area contributed by atoms with Gasteiger partial charge in [0.1, 0.15) is 23.5 Å². The van der Waals surface area contributed by atoms with E-state index in [1.54, 1.807) is 0 Å². The van der Waals surface area contributed by atoms with Crippen molar-refractivity contribution in [3.63, 3.8) is 0 Å². The fourth-order valence-corrected chi connectivity index (χ4v) is 1.78. The molecule has 6 nitrogen and oxygen atoms in total. The van der Waals surface area contributed by atoms with Crippen LogP contribution in [-0.2, 0) is 11.2 Å². The van der Waals surface area contributed by atoms with Crippen molar-refractivity contribution in [2.45, 2.75) is 46.6 Å². The van der Waals surface area contributed by atoms with E-state index in [1.165, 1.54) is 0 Å². The van der Waals surface area contributed by atoms with Crippen LogP contribution in [0, 0.1) is 5.92 Å². The van der Waals surface area contributed by atoms with Crippen molar-refractivity contribution in [2.75, 3.05) is 24.2 Å². The van der Waals surface area contributed by atoms with E-state index in [-0.39, 0.29) is 11.9 Å². The van der Waals surface area contributed by atoms with Gasteiger partial charge in [-0.25, -0.2) is 9.97 Å². The predicted octanol–water partition coefficient (Wildman–Crippen LogP) is 2.04. The molecular formula is C15H27N5O. The first-order chi connectivity index (χ1) is 9.96. The molecule has 6 heteroatoms.